The zero-order valence-electron chi connectivity index (χ0n) is 5.29. The number of aromatic hydroxyl groups is 1. The van der Waals surface area contributed by atoms with Gasteiger partial charge >= 0.3 is 5.97 Å². The van der Waals surface area contributed by atoms with E-state index in [1.807, 2.05) is 0 Å². The predicted molar refractivity (Wildman–Crippen MR) is 32.1 cm³/mol. The highest BCUT2D eigenvalue weighted by molar-refractivity contribution is 5.87. The summed E-state index contributed by atoms with van der Waals surface area (Å²) in [7, 11) is 0. The summed E-state index contributed by atoms with van der Waals surface area (Å²) in [5.74, 6) is -1.61. The standard InChI is InChI=1S/C6H6O4/c1-3-2-4(7)5(10-3)6(8)9/h2,7H,1H3,(H,8,9). The second-order valence-electron chi connectivity index (χ2n) is 1.88. The minimum absolute atomic E-state index is 0.329. The lowest BCUT2D eigenvalue weighted by atomic mass is 10.4. The molecule has 0 aliphatic carbocycles. The van der Waals surface area contributed by atoms with Crippen LogP contribution in [0.4, 0.5) is 0 Å². The summed E-state index contributed by atoms with van der Waals surface area (Å²) >= 11 is 0. The molecule has 1 rings (SSSR count). The van der Waals surface area contributed by atoms with E-state index in [2.05, 4.69) is 4.42 Å². The zero-order valence-corrected chi connectivity index (χ0v) is 5.29. The van der Waals surface area contributed by atoms with E-state index in [0.29, 0.717) is 5.76 Å². The van der Waals surface area contributed by atoms with E-state index < -0.39 is 11.7 Å². The molecule has 10 heavy (non-hydrogen) atoms. The predicted octanol–water partition coefficient (Wildman–Crippen LogP) is 0.992. The maximum atomic E-state index is 10.2. The number of furan rings is 1. The van der Waals surface area contributed by atoms with E-state index in [-0.39, 0.29) is 5.75 Å². The molecule has 0 amide bonds. The van der Waals surface area contributed by atoms with Gasteiger partial charge in [0.2, 0.25) is 0 Å². The van der Waals surface area contributed by atoms with Crippen molar-refractivity contribution in [3.05, 3.63) is 17.6 Å². The number of aromatic carboxylic acids is 1. The van der Waals surface area contributed by atoms with Crippen molar-refractivity contribution in [2.24, 2.45) is 0 Å². The molecule has 54 valence electrons. The van der Waals surface area contributed by atoms with Crippen LogP contribution in [0.15, 0.2) is 10.5 Å². The maximum absolute atomic E-state index is 10.2. The summed E-state index contributed by atoms with van der Waals surface area (Å²) in [6, 6.07) is 1.25. The van der Waals surface area contributed by atoms with Gasteiger partial charge in [0.05, 0.1) is 0 Å². The van der Waals surface area contributed by atoms with E-state index in [1.54, 1.807) is 6.92 Å². The van der Waals surface area contributed by atoms with Gasteiger partial charge in [-0.25, -0.2) is 4.79 Å². The first-order valence-corrected chi connectivity index (χ1v) is 2.64. The van der Waals surface area contributed by atoms with Crippen molar-refractivity contribution in [3.63, 3.8) is 0 Å². The SMILES string of the molecule is Cc1cc(O)c(C(=O)O)o1. The normalized spacial score (nSPS) is 9.70. The van der Waals surface area contributed by atoms with Crippen LogP contribution in [0.5, 0.6) is 5.75 Å². The molecule has 4 heteroatoms. The van der Waals surface area contributed by atoms with Gasteiger partial charge in [-0.05, 0) is 6.92 Å². The Morgan fingerprint density at radius 2 is 2.30 bits per heavy atom. The highest BCUT2D eigenvalue weighted by atomic mass is 16.4. The second kappa shape index (κ2) is 2.06. The first-order valence-electron chi connectivity index (χ1n) is 2.64. The Kier molecular flexibility index (Phi) is 1.37. The lowest BCUT2D eigenvalue weighted by Crippen LogP contribution is -1.92. The first-order chi connectivity index (χ1) is 4.61. The Morgan fingerprint density at radius 3 is 2.50 bits per heavy atom. The van der Waals surface area contributed by atoms with Crippen LogP contribution in [0.25, 0.3) is 0 Å². The Labute approximate surface area is 56.7 Å². The highest BCUT2D eigenvalue weighted by Crippen LogP contribution is 2.20. The average Bonchev–Trinajstić information content (AvgIpc) is 2.10. The second-order valence-corrected chi connectivity index (χ2v) is 1.88. The van der Waals surface area contributed by atoms with Crippen LogP contribution in [-0.4, -0.2) is 16.2 Å². The summed E-state index contributed by atoms with van der Waals surface area (Å²) in [6.45, 7) is 1.56. The summed E-state index contributed by atoms with van der Waals surface area (Å²) in [6.07, 6.45) is 0. The number of hydrogen-bond donors (Lipinski definition) is 2. The van der Waals surface area contributed by atoms with E-state index >= 15 is 0 Å². The zero-order chi connectivity index (χ0) is 7.72. The van der Waals surface area contributed by atoms with Crippen molar-refractivity contribution < 1.29 is 19.4 Å². The third-order valence-corrected chi connectivity index (χ3v) is 1.03. The minimum Gasteiger partial charge on any atom is -0.504 e. The molecule has 0 fully saturated rings. The molecule has 0 saturated heterocycles. The maximum Gasteiger partial charge on any atom is 0.375 e. The molecule has 0 spiro atoms. The van der Waals surface area contributed by atoms with Gasteiger partial charge in [0.15, 0.2) is 5.75 Å². The fourth-order valence-corrected chi connectivity index (χ4v) is 0.654. The summed E-state index contributed by atoms with van der Waals surface area (Å²) < 4.78 is 4.63. The minimum atomic E-state index is -1.26. The number of carboxylic acid groups (broad SMARTS) is 1. The van der Waals surface area contributed by atoms with Crippen LogP contribution in [0.3, 0.4) is 0 Å². The fraction of sp³-hybridized carbons (Fsp3) is 0.167. The summed E-state index contributed by atoms with van der Waals surface area (Å²) in [5.41, 5.74) is 0. The van der Waals surface area contributed by atoms with Crippen LogP contribution >= 0.6 is 0 Å². The van der Waals surface area contributed by atoms with Gasteiger partial charge in [0.1, 0.15) is 5.76 Å². The van der Waals surface area contributed by atoms with Crippen molar-refractivity contribution >= 4 is 5.97 Å². The van der Waals surface area contributed by atoms with Crippen molar-refractivity contribution in [2.45, 2.75) is 6.92 Å². The van der Waals surface area contributed by atoms with Crippen molar-refractivity contribution in [1.29, 1.82) is 0 Å². The van der Waals surface area contributed by atoms with Gasteiger partial charge in [0, 0.05) is 6.07 Å². The van der Waals surface area contributed by atoms with E-state index in [9.17, 15) is 4.79 Å². The third-order valence-electron chi connectivity index (χ3n) is 1.03. The molecule has 4 nitrogen and oxygen atoms in total. The van der Waals surface area contributed by atoms with Gasteiger partial charge in [0.25, 0.3) is 5.76 Å². The molecule has 0 unspecified atom stereocenters. The molecule has 0 bridgehead atoms. The summed E-state index contributed by atoms with van der Waals surface area (Å²) in [4.78, 5) is 10.2. The lowest BCUT2D eigenvalue weighted by molar-refractivity contribution is 0.0656. The lowest BCUT2D eigenvalue weighted by Gasteiger charge is -1.85. The smallest absolute Gasteiger partial charge is 0.375 e. The van der Waals surface area contributed by atoms with E-state index in [4.69, 9.17) is 10.2 Å². The molecule has 1 aromatic rings. The van der Waals surface area contributed by atoms with Gasteiger partial charge in [-0.15, -0.1) is 0 Å². The van der Waals surface area contributed by atoms with Crippen LogP contribution in [0.1, 0.15) is 16.3 Å². The summed E-state index contributed by atoms with van der Waals surface area (Å²) in [5, 5.41) is 17.2. The molecule has 0 aromatic carbocycles. The van der Waals surface area contributed by atoms with Crippen LogP contribution in [0, 0.1) is 6.92 Å². The highest BCUT2D eigenvalue weighted by Gasteiger charge is 2.14. The molecule has 0 radical (unpaired) electrons. The van der Waals surface area contributed by atoms with Gasteiger partial charge in [-0.1, -0.05) is 0 Å². The quantitative estimate of drug-likeness (QED) is 0.613. The van der Waals surface area contributed by atoms with Crippen LogP contribution in [0.2, 0.25) is 0 Å². The Morgan fingerprint density at radius 1 is 1.70 bits per heavy atom. The topological polar surface area (TPSA) is 70.7 Å². The van der Waals surface area contributed by atoms with Gasteiger partial charge in [-0.3, -0.25) is 0 Å². The number of hydrogen-bond acceptors (Lipinski definition) is 3. The Hall–Kier alpha value is -1.45. The average molecular weight is 142 g/mol. The van der Waals surface area contributed by atoms with Gasteiger partial charge < -0.3 is 14.6 Å². The molecule has 0 atom stereocenters. The third kappa shape index (κ3) is 0.953. The molecule has 1 heterocycles. The Balaban J connectivity index is 3.15. The van der Waals surface area contributed by atoms with Crippen LogP contribution < -0.4 is 0 Å². The molecular weight excluding hydrogens is 136 g/mol. The molecule has 0 aliphatic heterocycles. The monoisotopic (exact) mass is 142 g/mol. The molecule has 1 aromatic heterocycles. The molecule has 0 saturated carbocycles. The number of carboxylic acids is 1. The van der Waals surface area contributed by atoms with Gasteiger partial charge in [-0.2, -0.15) is 0 Å². The molecule has 2 N–H and O–H groups in total. The van der Waals surface area contributed by atoms with Crippen LogP contribution in [-0.2, 0) is 0 Å². The van der Waals surface area contributed by atoms with E-state index in [1.165, 1.54) is 6.07 Å². The van der Waals surface area contributed by atoms with Crippen molar-refractivity contribution in [1.82, 2.24) is 0 Å². The molecular formula is C6H6O4. The fourth-order valence-electron chi connectivity index (χ4n) is 0.654. The first kappa shape index (κ1) is 6.67. The largest absolute Gasteiger partial charge is 0.504 e. The number of aryl methyl sites for hydroxylation is 1. The number of carbonyl (C=O) groups is 1. The van der Waals surface area contributed by atoms with Crippen molar-refractivity contribution in [2.75, 3.05) is 0 Å². The molecule has 0 aliphatic rings. The van der Waals surface area contributed by atoms with E-state index in [0.717, 1.165) is 0 Å². The Bertz CT molecular complexity index is 261. The number of rotatable bonds is 1. The van der Waals surface area contributed by atoms with Crippen molar-refractivity contribution in [3.8, 4) is 5.75 Å².